The lowest BCUT2D eigenvalue weighted by atomic mass is 10.1. The first-order valence-corrected chi connectivity index (χ1v) is 13.1. The molecule has 0 fully saturated rings. The predicted molar refractivity (Wildman–Crippen MR) is 156 cm³/mol. The molecule has 0 saturated carbocycles. The van der Waals surface area contributed by atoms with Gasteiger partial charge in [0.1, 0.15) is 0 Å². The molecule has 2 aromatic heterocycles. The fourth-order valence-electron chi connectivity index (χ4n) is 4.99. The van der Waals surface area contributed by atoms with Gasteiger partial charge >= 0.3 is 0 Å². The second kappa shape index (κ2) is 8.56. The lowest BCUT2D eigenvalue weighted by Crippen LogP contribution is -2.09. The number of thiophene rings is 1. The summed E-state index contributed by atoms with van der Waals surface area (Å²) in [6, 6.07) is 42.8. The number of hydrogen-bond donors (Lipinski definition) is 0. The summed E-state index contributed by atoms with van der Waals surface area (Å²) in [4.78, 5) is 2.33. The molecular weight excluding hydrogens is 480 g/mol. The quantitative estimate of drug-likeness (QED) is 0.233. The Morgan fingerprint density at radius 2 is 1.33 bits per heavy atom. The van der Waals surface area contributed by atoms with Crippen LogP contribution in [-0.4, -0.2) is 4.57 Å². The van der Waals surface area contributed by atoms with Crippen LogP contribution in [0.25, 0.3) is 36.8 Å². The van der Waals surface area contributed by atoms with Crippen LogP contribution in [0.3, 0.4) is 0 Å². The summed E-state index contributed by atoms with van der Waals surface area (Å²) in [7, 11) is 0. The molecule has 7 rings (SSSR count). The van der Waals surface area contributed by atoms with Crippen molar-refractivity contribution in [3.05, 3.63) is 133 Å². The average molecular weight is 501 g/mol. The van der Waals surface area contributed by atoms with Crippen LogP contribution < -0.4 is 4.90 Å². The van der Waals surface area contributed by atoms with Gasteiger partial charge in [-0.1, -0.05) is 54.1 Å². The van der Waals surface area contributed by atoms with Gasteiger partial charge < -0.3 is 9.47 Å². The van der Waals surface area contributed by atoms with Crippen LogP contribution in [0.15, 0.2) is 128 Å². The summed E-state index contributed by atoms with van der Waals surface area (Å²) in [5.74, 6) is 0. The van der Waals surface area contributed by atoms with E-state index in [1.165, 1.54) is 31.1 Å². The highest BCUT2D eigenvalue weighted by Gasteiger charge is 2.16. The van der Waals surface area contributed by atoms with Gasteiger partial charge in [-0.3, -0.25) is 0 Å². The standard InChI is InChI=1S/C32H21ClN2S/c33-23-11-14-28-29-21-27(13-16-31(29)36-32(28)20-23)35(25-9-5-2-6-10-25)26-12-15-30-22(19-26)17-18-34(30)24-7-3-1-4-8-24/h1-21H. The summed E-state index contributed by atoms with van der Waals surface area (Å²) in [5.41, 5.74) is 5.73. The first kappa shape index (κ1) is 21.3. The van der Waals surface area contributed by atoms with Gasteiger partial charge in [-0.2, -0.15) is 0 Å². The maximum Gasteiger partial charge on any atom is 0.0529 e. The molecule has 0 spiro atoms. The van der Waals surface area contributed by atoms with E-state index in [4.69, 9.17) is 11.6 Å². The van der Waals surface area contributed by atoms with E-state index in [9.17, 15) is 0 Å². The smallest absolute Gasteiger partial charge is 0.0529 e. The Balaban J connectivity index is 1.40. The molecule has 0 aliphatic heterocycles. The van der Waals surface area contributed by atoms with Crippen molar-refractivity contribution in [3.8, 4) is 5.69 Å². The van der Waals surface area contributed by atoms with Crippen molar-refractivity contribution in [3.63, 3.8) is 0 Å². The number of nitrogens with zero attached hydrogens (tertiary/aromatic N) is 2. The molecule has 0 saturated heterocycles. The van der Waals surface area contributed by atoms with Gasteiger partial charge in [-0.15, -0.1) is 11.3 Å². The van der Waals surface area contributed by atoms with Gasteiger partial charge in [0.2, 0.25) is 0 Å². The summed E-state index contributed by atoms with van der Waals surface area (Å²) >= 11 is 8.06. The number of anilines is 3. The van der Waals surface area contributed by atoms with Gasteiger partial charge in [0, 0.05) is 59.5 Å². The maximum atomic E-state index is 6.27. The third kappa shape index (κ3) is 3.56. The van der Waals surface area contributed by atoms with E-state index in [1.54, 1.807) is 11.3 Å². The lowest BCUT2D eigenvalue weighted by molar-refractivity contribution is 1.13. The Hall–Kier alpha value is -4.05. The number of aromatic nitrogens is 1. The van der Waals surface area contributed by atoms with Crippen molar-refractivity contribution in [1.82, 2.24) is 4.57 Å². The largest absolute Gasteiger partial charge is 0.317 e. The van der Waals surface area contributed by atoms with Crippen molar-refractivity contribution in [2.75, 3.05) is 4.90 Å². The summed E-state index contributed by atoms with van der Waals surface area (Å²) in [6.07, 6.45) is 2.14. The highest BCUT2D eigenvalue weighted by atomic mass is 35.5. The molecule has 172 valence electrons. The summed E-state index contributed by atoms with van der Waals surface area (Å²) in [6.45, 7) is 0. The third-order valence-electron chi connectivity index (χ3n) is 6.66. The number of halogens is 1. The van der Waals surface area contributed by atoms with Crippen LogP contribution in [0.1, 0.15) is 0 Å². The number of benzene rings is 5. The molecule has 0 atom stereocenters. The Labute approximate surface area is 218 Å². The number of fused-ring (bicyclic) bond motifs is 4. The molecule has 2 heterocycles. The number of hydrogen-bond acceptors (Lipinski definition) is 2. The molecule has 0 bridgehead atoms. The second-order valence-corrected chi connectivity index (χ2v) is 10.4. The van der Waals surface area contributed by atoms with E-state index in [2.05, 4.69) is 125 Å². The summed E-state index contributed by atoms with van der Waals surface area (Å²) < 4.78 is 4.71. The van der Waals surface area contributed by atoms with E-state index in [1.807, 2.05) is 12.1 Å². The van der Waals surface area contributed by atoms with Gasteiger partial charge in [0.25, 0.3) is 0 Å². The normalized spacial score (nSPS) is 11.5. The monoisotopic (exact) mass is 500 g/mol. The van der Waals surface area contributed by atoms with Crippen LogP contribution >= 0.6 is 22.9 Å². The molecule has 0 aliphatic rings. The highest BCUT2D eigenvalue weighted by Crippen LogP contribution is 2.41. The van der Waals surface area contributed by atoms with Crippen LogP contribution in [0.5, 0.6) is 0 Å². The minimum absolute atomic E-state index is 0.774. The Morgan fingerprint density at radius 1 is 0.583 bits per heavy atom. The fourth-order valence-corrected chi connectivity index (χ4v) is 6.35. The molecule has 0 N–H and O–H groups in total. The zero-order valence-corrected chi connectivity index (χ0v) is 20.9. The van der Waals surface area contributed by atoms with E-state index in [0.717, 1.165) is 27.8 Å². The molecule has 0 aliphatic carbocycles. The highest BCUT2D eigenvalue weighted by molar-refractivity contribution is 7.25. The van der Waals surface area contributed by atoms with Crippen LogP contribution in [0.2, 0.25) is 5.02 Å². The summed E-state index contributed by atoms with van der Waals surface area (Å²) in [5, 5.41) is 4.47. The van der Waals surface area contributed by atoms with E-state index in [0.29, 0.717) is 0 Å². The third-order valence-corrected chi connectivity index (χ3v) is 8.02. The lowest BCUT2D eigenvalue weighted by Gasteiger charge is -2.26. The van der Waals surface area contributed by atoms with Crippen LogP contribution in [0, 0.1) is 0 Å². The van der Waals surface area contributed by atoms with Crippen molar-refractivity contribution in [1.29, 1.82) is 0 Å². The van der Waals surface area contributed by atoms with Crippen LogP contribution in [0.4, 0.5) is 17.1 Å². The maximum absolute atomic E-state index is 6.27. The molecule has 5 aromatic carbocycles. The zero-order chi connectivity index (χ0) is 24.1. The minimum Gasteiger partial charge on any atom is -0.317 e. The Morgan fingerprint density at radius 3 is 2.17 bits per heavy atom. The Kier molecular flexibility index (Phi) is 5.05. The van der Waals surface area contributed by atoms with Crippen molar-refractivity contribution < 1.29 is 0 Å². The van der Waals surface area contributed by atoms with Gasteiger partial charge in [0.05, 0.1) is 5.52 Å². The topological polar surface area (TPSA) is 8.17 Å². The number of para-hydroxylation sites is 2. The molecule has 0 radical (unpaired) electrons. The average Bonchev–Trinajstić information content (AvgIpc) is 3.50. The zero-order valence-electron chi connectivity index (χ0n) is 19.3. The van der Waals surface area contributed by atoms with Gasteiger partial charge in [-0.05, 0) is 78.9 Å². The van der Waals surface area contributed by atoms with Crippen LogP contribution in [-0.2, 0) is 0 Å². The van der Waals surface area contributed by atoms with Gasteiger partial charge in [-0.25, -0.2) is 0 Å². The molecule has 0 amide bonds. The Bertz CT molecular complexity index is 1850. The molecule has 7 aromatic rings. The number of rotatable bonds is 4. The second-order valence-electron chi connectivity index (χ2n) is 8.86. The minimum atomic E-state index is 0.774. The first-order valence-electron chi connectivity index (χ1n) is 11.9. The molecule has 2 nitrogen and oxygen atoms in total. The van der Waals surface area contributed by atoms with Crippen molar-refractivity contribution in [2.24, 2.45) is 0 Å². The van der Waals surface area contributed by atoms with E-state index in [-0.39, 0.29) is 0 Å². The molecule has 4 heteroatoms. The van der Waals surface area contributed by atoms with E-state index < -0.39 is 0 Å². The van der Waals surface area contributed by atoms with Gasteiger partial charge in [0.15, 0.2) is 0 Å². The fraction of sp³-hybridized carbons (Fsp3) is 0. The molecule has 36 heavy (non-hydrogen) atoms. The van der Waals surface area contributed by atoms with E-state index >= 15 is 0 Å². The molecule has 0 unspecified atom stereocenters. The van der Waals surface area contributed by atoms with Crippen molar-refractivity contribution >= 4 is 71.1 Å². The molecular formula is C32H21ClN2S. The van der Waals surface area contributed by atoms with Crippen molar-refractivity contribution in [2.45, 2.75) is 0 Å². The first-order chi connectivity index (χ1) is 17.7. The SMILES string of the molecule is Clc1ccc2c(c1)sc1ccc(N(c3ccccc3)c3ccc4c(ccn4-c4ccccc4)c3)cc12. The predicted octanol–water partition coefficient (Wildman–Crippen LogP) is 10.1.